The van der Waals surface area contributed by atoms with Crippen LogP contribution >= 0.6 is 11.3 Å². The zero-order chi connectivity index (χ0) is 25.2. The van der Waals surface area contributed by atoms with Crippen LogP contribution in [0.3, 0.4) is 0 Å². The fourth-order valence-electron chi connectivity index (χ4n) is 5.26. The normalized spacial score (nSPS) is 22.5. The standard InChI is InChI=1S/C24H29N3O5S3/c1-24(2)13-15(7-10-34(24,29)30)19-14-26-22-17(19)11-16(12-18(22)23(25)28)20-5-6-21(33-20)35(31,32)27-8-3-4-9-27/h5-6,11-12,14-15,26H,3-4,7-10,13H2,1-2H3,(H2,25,28). The number of fused-ring (bicyclic) bond motifs is 1. The Morgan fingerprint density at radius 2 is 1.91 bits per heavy atom. The van der Waals surface area contributed by atoms with Crippen LogP contribution in [0.5, 0.6) is 0 Å². The maximum atomic E-state index is 13.0. The summed E-state index contributed by atoms with van der Waals surface area (Å²) in [5, 5.41) is 0.814. The van der Waals surface area contributed by atoms with Crippen molar-refractivity contribution in [3.8, 4) is 10.4 Å². The highest BCUT2D eigenvalue weighted by Gasteiger charge is 2.42. The topological polar surface area (TPSA) is 130 Å². The molecule has 1 amide bonds. The Bertz CT molecular complexity index is 1530. The Kier molecular flexibility index (Phi) is 5.90. The van der Waals surface area contributed by atoms with E-state index in [0.717, 1.165) is 28.7 Å². The van der Waals surface area contributed by atoms with E-state index in [0.29, 0.717) is 42.6 Å². The van der Waals surface area contributed by atoms with E-state index in [1.54, 1.807) is 32.0 Å². The molecule has 2 aromatic heterocycles. The lowest BCUT2D eigenvalue weighted by Gasteiger charge is -2.34. The molecule has 1 unspecified atom stereocenters. The minimum atomic E-state index is -3.54. The van der Waals surface area contributed by atoms with Gasteiger partial charge >= 0.3 is 0 Å². The van der Waals surface area contributed by atoms with Gasteiger partial charge in [-0.25, -0.2) is 16.8 Å². The molecule has 4 heterocycles. The monoisotopic (exact) mass is 535 g/mol. The third kappa shape index (κ3) is 4.12. The molecule has 2 fully saturated rings. The molecule has 1 aromatic carbocycles. The number of hydrogen-bond acceptors (Lipinski definition) is 6. The van der Waals surface area contributed by atoms with Crippen LogP contribution < -0.4 is 5.73 Å². The Morgan fingerprint density at radius 3 is 2.57 bits per heavy atom. The van der Waals surface area contributed by atoms with Crippen LogP contribution in [0.4, 0.5) is 0 Å². The summed E-state index contributed by atoms with van der Waals surface area (Å²) in [6, 6.07) is 7.02. The predicted molar refractivity (Wildman–Crippen MR) is 138 cm³/mol. The van der Waals surface area contributed by atoms with E-state index >= 15 is 0 Å². The number of nitrogens with zero attached hydrogens (tertiary/aromatic N) is 1. The molecule has 3 N–H and O–H groups in total. The van der Waals surface area contributed by atoms with Gasteiger partial charge in [-0.2, -0.15) is 4.31 Å². The molecule has 0 aliphatic carbocycles. The highest BCUT2D eigenvalue weighted by Crippen LogP contribution is 2.43. The third-order valence-corrected chi connectivity index (χ3v) is 13.5. The molecular formula is C24H29N3O5S3. The molecule has 1 atom stereocenters. The smallest absolute Gasteiger partial charge is 0.252 e. The molecule has 0 saturated carbocycles. The number of rotatable bonds is 5. The van der Waals surface area contributed by atoms with Crippen molar-refractivity contribution in [3.63, 3.8) is 0 Å². The number of nitrogens with two attached hydrogens (primary N) is 1. The average molecular weight is 536 g/mol. The maximum absolute atomic E-state index is 13.0. The molecular weight excluding hydrogens is 506 g/mol. The third-order valence-electron chi connectivity index (χ3n) is 7.37. The predicted octanol–water partition coefficient (Wildman–Crippen LogP) is 3.85. The van der Waals surface area contributed by atoms with Gasteiger partial charge in [-0.1, -0.05) is 0 Å². The fraction of sp³-hybridized carbons (Fsp3) is 0.458. The van der Waals surface area contributed by atoms with Gasteiger partial charge in [0.2, 0.25) is 0 Å². The highest BCUT2D eigenvalue weighted by molar-refractivity contribution is 7.92. The summed E-state index contributed by atoms with van der Waals surface area (Å²) in [4.78, 5) is 16.2. The van der Waals surface area contributed by atoms with Crippen LogP contribution in [0.15, 0.2) is 34.7 Å². The Morgan fingerprint density at radius 1 is 1.20 bits per heavy atom. The SMILES string of the molecule is CC1(C)CC(c2c[nH]c3c(C(N)=O)cc(-c4ccc(S(=O)(=O)N5CCCC5)s4)cc23)CCS1(=O)=O. The lowest BCUT2D eigenvalue weighted by molar-refractivity contribution is 0.100. The number of thiophene rings is 1. The second-order valence-electron chi connectivity index (χ2n) is 10.1. The summed E-state index contributed by atoms with van der Waals surface area (Å²) in [6.07, 6.45) is 4.57. The zero-order valence-electron chi connectivity index (χ0n) is 19.7. The maximum Gasteiger partial charge on any atom is 0.252 e. The molecule has 3 aromatic rings. The number of sulfonamides is 1. The molecule has 188 valence electrons. The number of H-pyrrole nitrogens is 1. The molecule has 11 heteroatoms. The first kappa shape index (κ1) is 24.5. The molecule has 2 aliphatic heterocycles. The van der Waals surface area contributed by atoms with Gasteiger partial charge in [0, 0.05) is 29.5 Å². The van der Waals surface area contributed by atoms with E-state index in [-0.39, 0.29) is 15.9 Å². The van der Waals surface area contributed by atoms with Gasteiger partial charge in [0.25, 0.3) is 15.9 Å². The average Bonchev–Trinajstić information content (AvgIpc) is 3.55. The zero-order valence-corrected chi connectivity index (χ0v) is 22.2. The van der Waals surface area contributed by atoms with E-state index in [4.69, 9.17) is 5.73 Å². The Labute approximate surface area is 209 Å². The van der Waals surface area contributed by atoms with Crippen molar-refractivity contribution >= 4 is 48.0 Å². The number of amides is 1. The van der Waals surface area contributed by atoms with Gasteiger partial charge in [0.15, 0.2) is 9.84 Å². The van der Waals surface area contributed by atoms with E-state index < -0.39 is 30.5 Å². The van der Waals surface area contributed by atoms with Crippen molar-refractivity contribution in [2.45, 2.75) is 54.4 Å². The largest absolute Gasteiger partial charge is 0.366 e. The summed E-state index contributed by atoms with van der Waals surface area (Å²) < 4.78 is 52.0. The highest BCUT2D eigenvalue weighted by atomic mass is 32.2. The van der Waals surface area contributed by atoms with Crippen LogP contribution in [0.1, 0.15) is 61.4 Å². The molecule has 2 saturated heterocycles. The summed E-state index contributed by atoms with van der Waals surface area (Å²) >= 11 is 1.18. The molecule has 35 heavy (non-hydrogen) atoms. The Hall–Kier alpha value is -2.21. The minimum Gasteiger partial charge on any atom is -0.366 e. The number of carbonyl (C=O) groups excluding carboxylic acids is 1. The summed E-state index contributed by atoms with van der Waals surface area (Å²) in [7, 11) is -6.71. The van der Waals surface area contributed by atoms with Crippen LogP contribution in [-0.4, -0.2) is 55.6 Å². The number of hydrogen-bond donors (Lipinski definition) is 2. The number of benzene rings is 1. The molecule has 0 spiro atoms. The van der Waals surface area contributed by atoms with Gasteiger partial charge in [-0.15, -0.1) is 11.3 Å². The number of nitrogens with one attached hydrogen (secondary N) is 1. The van der Waals surface area contributed by atoms with Crippen molar-refractivity contribution in [1.29, 1.82) is 0 Å². The van der Waals surface area contributed by atoms with E-state index in [2.05, 4.69) is 4.98 Å². The quantitative estimate of drug-likeness (QED) is 0.512. The van der Waals surface area contributed by atoms with Crippen LogP contribution in [0, 0.1) is 0 Å². The van der Waals surface area contributed by atoms with Crippen molar-refractivity contribution < 1.29 is 21.6 Å². The second kappa shape index (κ2) is 8.43. The van der Waals surface area contributed by atoms with Crippen molar-refractivity contribution in [2.24, 2.45) is 5.73 Å². The summed E-state index contributed by atoms with van der Waals surface area (Å²) in [5.41, 5.74) is 8.31. The van der Waals surface area contributed by atoms with Crippen molar-refractivity contribution in [1.82, 2.24) is 9.29 Å². The number of aromatic amines is 1. The van der Waals surface area contributed by atoms with Crippen molar-refractivity contribution in [2.75, 3.05) is 18.8 Å². The van der Waals surface area contributed by atoms with E-state index in [1.807, 2.05) is 12.3 Å². The minimum absolute atomic E-state index is 0.00712. The number of sulfone groups is 1. The number of carbonyl (C=O) groups is 1. The first-order valence-electron chi connectivity index (χ1n) is 11.7. The summed E-state index contributed by atoms with van der Waals surface area (Å²) in [6.45, 7) is 4.59. The molecule has 0 radical (unpaired) electrons. The molecule has 2 aliphatic rings. The number of primary amides is 1. The van der Waals surface area contributed by atoms with Gasteiger partial charge in [0.1, 0.15) is 4.21 Å². The number of aromatic nitrogens is 1. The first-order valence-corrected chi connectivity index (χ1v) is 15.6. The van der Waals surface area contributed by atoms with Gasteiger partial charge in [-0.3, -0.25) is 4.79 Å². The molecule has 8 nitrogen and oxygen atoms in total. The van der Waals surface area contributed by atoms with Gasteiger partial charge < -0.3 is 10.7 Å². The summed E-state index contributed by atoms with van der Waals surface area (Å²) in [5.74, 6) is -0.464. The molecule has 5 rings (SSSR count). The molecule has 0 bridgehead atoms. The van der Waals surface area contributed by atoms with Gasteiger partial charge in [0.05, 0.1) is 21.6 Å². The first-order chi connectivity index (χ1) is 16.4. The Balaban J connectivity index is 1.58. The van der Waals surface area contributed by atoms with Crippen molar-refractivity contribution in [3.05, 3.63) is 41.6 Å². The second-order valence-corrected chi connectivity index (χ2v) is 16.0. The van der Waals surface area contributed by atoms with E-state index in [9.17, 15) is 21.6 Å². The van der Waals surface area contributed by atoms with Crippen LogP contribution in [-0.2, 0) is 19.9 Å². The van der Waals surface area contributed by atoms with E-state index in [1.165, 1.54) is 15.6 Å². The lowest BCUT2D eigenvalue weighted by Crippen LogP contribution is -2.40. The fourth-order valence-corrected chi connectivity index (χ4v) is 9.83. The lowest BCUT2D eigenvalue weighted by atomic mass is 9.86. The van der Waals surface area contributed by atoms with Crippen LogP contribution in [0.25, 0.3) is 21.3 Å². The van der Waals surface area contributed by atoms with Crippen LogP contribution in [0.2, 0.25) is 0 Å². The van der Waals surface area contributed by atoms with Gasteiger partial charge in [-0.05, 0) is 80.8 Å².